The molecule has 0 bridgehead atoms. The molecule has 5 heteroatoms. The quantitative estimate of drug-likeness (QED) is 0.832. The van der Waals surface area contributed by atoms with Crippen molar-refractivity contribution in [2.24, 2.45) is 5.73 Å². The molecule has 1 amide bonds. The number of halogens is 1. The van der Waals surface area contributed by atoms with Gasteiger partial charge in [0.05, 0.1) is 0 Å². The first-order valence-electron chi connectivity index (χ1n) is 6.97. The zero-order chi connectivity index (χ0) is 15.1. The molecule has 20 heavy (non-hydrogen) atoms. The predicted molar refractivity (Wildman–Crippen MR) is 77.2 cm³/mol. The molecule has 0 heterocycles. The Morgan fingerprint density at radius 3 is 2.55 bits per heavy atom. The summed E-state index contributed by atoms with van der Waals surface area (Å²) in [5, 5.41) is 0. The van der Waals surface area contributed by atoms with Crippen molar-refractivity contribution >= 4 is 5.91 Å². The van der Waals surface area contributed by atoms with Crippen LogP contribution in [0.4, 0.5) is 4.39 Å². The van der Waals surface area contributed by atoms with Gasteiger partial charge in [0.25, 0.3) is 5.91 Å². The van der Waals surface area contributed by atoms with Crippen LogP contribution in [0, 0.1) is 5.82 Å². The fourth-order valence-electron chi connectivity index (χ4n) is 2.00. The van der Waals surface area contributed by atoms with Gasteiger partial charge in [-0.15, -0.1) is 0 Å². The molecule has 1 aromatic rings. The summed E-state index contributed by atoms with van der Waals surface area (Å²) in [4.78, 5) is 13.7. The lowest BCUT2D eigenvalue weighted by Gasteiger charge is -2.23. The molecule has 1 aromatic carbocycles. The monoisotopic (exact) mass is 282 g/mol. The van der Waals surface area contributed by atoms with E-state index in [1.807, 2.05) is 13.8 Å². The van der Waals surface area contributed by atoms with E-state index >= 15 is 0 Å². The highest BCUT2D eigenvalue weighted by Crippen LogP contribution is 2.20. The van der Waals surface area contributed by atoms with E-state index in [9.17, 15) is 9.18 Å². The van der Waals surface area contributed by atoms with Gasteiger partial charge in [0.2, 0.25) is 0 Å². The third-order valence-electron chi connectivity index (χ3n) is 3.16. The Labute approximate surface area is 119 Å². The molecule has 112 valence electrons. The molecule has 2 N–H and O–H groups in total. The lowest BCUT2D eigenvalue weighted by Crippen LogP contribution is -2.40. The first kappa shape index (κ1) is 16.4. The van der Waals surface area contributed by atoms with E-state index in [2.05, 4.69) is 0 Å². The lowest BCUT2D eigenvalue weighted by atomic mass is 10.1. The van der Waals surface area contributed by atoms with E-state index in [-0.39, 0.29) is 11.7 Å². The molecule has 0 saturated carbocycles. The van der Waals surface area contributed by atoms with Gasteiger partial charge in [0.1, 0.15) is 0 Å². The topological polar surface area (TPSA) is 55.6 Å². The number of hydrogen-bond donors (Lipinski definition) is 1. The average molecular weight is 282 g/mol. The van der Waals surface area contributed by atoms with Crippen LogP contribution in [0.5, 0.6) is 5.75 Å². The summed E-state index contributed by atoms with van der Waals surface area (Å²) in [6.45, 7) is 7.12. The number of amides is 1. The molecule has 0 aromatic heterocycles. The summed E-state index contributed by atoms with van der Waals surface area (Å²) >= 11 is 0. The van der Waals surface area contributed by atoms with E-state index in [4.69, 9.17) is 10.5 Å². The van der Waals surface area contributed by atoms with Crippen LogP contribution in [0.25, 0.3) is 0 Å². The molecular formula is C15H23FN2O2. The second kappa shape index (κ2) is 7.85. The van der Waals surface area contributed by atoms with E-state index in [0.717, 1.165) is 5.56 Å². The third-order valence-corrected chi connectivity index (χ3v) is 3.16. The number of nitrogens with two attached hydrogens (primary N) is 1. The molecule has 0 spiro atoms. The predicted octanol–water partition coefficient (Wildman–Crippen LogP) is 1.96. The number of hydrogen-bond acceptors (Lipinski definition) is 3. The number of carbonyl (C=O) groups is 1. The van der Waals surface area contributed by atoms with Gasteiger partial charge in [0.15, 0.2) is 17.7 Å². The SMILES string of the molecule is CCN(CC)C(=O)C(C)Oc1ccc(CCN)cc1F. The second-order valence-electron chi connectivity index (χ2n) is 4.57. The molecule has 0 aliphatic carbocycles. The number of rotatable bonds is 7. The zero-order valence-electron chi connectivity index (χ0n) is 12.4. The third kappa shape index (κ3) is 4.20. The van der Waals surface area contributed by atoms with Crippen LogP contribution in [0.2, 0.25) is 0 Å². The highest BCUT2D eigenvalue weighted by molar-refractivity contribution is 5.80. The molecule has 1 rings (SSSR count). The minimum atomic E-state index is -0.704. The highest BCUT2D eigenvalue weighted by atomic mass is 19.1. The van der Waals surface area contributed by atoms with E-state index in [0.29, 0.717) is 26.1 Å². The smallest absolute Gasteiger partial charge is 0.263 e. The van der Waals surface area contributed by atoms with E-state index in [1.165, 1.54) is 6.07 Å². The molecule has 0 radical (unpaired) electrons. The van der Waals surface area contributed by atoms with Crippen LogP contribution in [-0.4, -0.2) is 36.5 Å². The van der Waals surface area contributed by atoms with E-state index < -0.39 is 11.9 Å². The zero-order valence-corrected chi connectivity index (χ0v) is 12.4. The Morgan fingerprint density at radius 1 is 1.40 bits per heavy atom. The standard InChI is InChI=1S/C15H23FN2O2/c1-4-18(5-2)15(19)11(3)20-14-7-6-12(8-9-17)10-13(14)16/h6-7,10-11H,4-5,8-9,17H2,1-3H3. The van der Waals surface area contributed by atoms with Crippen molar-refractivity contribution in [3.05, 3.63) is 29.6 Å². The fourth-order valence-corrected chi connectivity index (χ4v) is 2.00. The summed E-state index contributed by atoms with van der Waals surface area (Å²) in [5.41, 5.74) is 6.25. The maximum Gasteiger partial charge on any atom is 0.263 e. The van der Waals surface area contributed by atoms with Crippen molar-refractivity contribution in [1.82, 2.24) is 4.90 Å². The molecular weight excluding hydrogens is 259 g/mol. The molecule has 4 nitrogen and oxygen atoms in total. The van der Waals surface area contributed by atoms with Crippen LogP contribution in [-0.2, 0) is 11.2 Å². The van der Waals surface area contributed by atoms with Crippen LogP contribution in [0.15, 0.2) is 18.2 Å². The molecule has 0 aliphatic rings. The first-order valence-corrected chi connectivity index (χ1v) is 6.97. The van der Waals surface area contributed by atoms with Crippen molar-refractivity contribution in [3.63, 3.8) is 0 Å². The van der Waals surface area contributed by atoms with Gasteiger partial charge in [0, 0.05) is 13.1 Å². The molecule has 1 unspecified atom stereocenters. The lowest BCUT2D eigenvalue weighted by molar-refractivity contribution is -0.137. The van der Waals surface area contributed by atoms with E-state index in [1.54, 1.807) is 24.0 Å². The number of ether oxygens (including phenoxy) is 1. The van der Waals surface area contributed by atoms with Crippen LogP contribution in [0.1, 0.15) is 26.3 Å². The van der Waals surface area contributed by atoms with Gasteiger partial charge in [-0.1, -0.05) is 6.07 Å². The summed E-state index contributed by atoms with van der Waals surface area (Å²) < 4.78 is 19.3. The van der Waals surface area contributed by atoms with Crippen molar-refractivity contribution in [1.29, 1.82) is 0 Å². The first-order chi connectivity index (χ1) is 9.53. The molecule has 1 atom stereocenters. The maximum absolute atomic E-state index is 13.9. The van der Waals surface area contributed by atoms with Gasteiger partial charge in [-0.2, -0.15) is 0 Å². The molecule has 0 saturated heterocycles. The Morgan fingerprint density at radius 2 is 2.05 bits per heavy atom. The van der Waals surface area contributed by atoms with Gasteiger partial charge < -0.3 is 15.4 Å². The van der Waals surface area contributed by atoms with Gasteiger partial charge in [-0.05, 0) is 51.4 Å². The number of likely N-dealkylation sites (N-methyl/N-ethyl adjacent to an activating group) is 1. The minimum absolute atomic E-state index is 0.0961. The maximum atomic E-state index is 13.9. The largest absolute Gasteiger partial charge is 0.478 e. The Kier molecular flexibility index (Phi) is 6.45. The Balaban J connectivity index is 2.75. The number of carbonyl (C=O) groups excluding carboxylic acids is 1. The Bertz CT molecular complexity index is 447. The second-order valence-corrected chi connectivity index (χ2v) is 4.57. The van der Waals surface area contributed by atoms with Crippen molar-refractivity contribution in [2.45, 2.75) is 33.3 Å². The normalized spacial score (nSPS) is 12.1. The van der Waals surface area contributed by atoms with Gasteiger partial charge >= 0.3 is 0 Å². The highest BCUT2D eigenvalue weighted by Gasteiger charge is 2.20. The summed E-state index contributed by atoms with van der Waals surface area (Å²) in [6, 6.07) is 4.71. The minimum Gasteiger partial charge on any atom is -0.478 e. The summed E-state index contributed by atoms with van der Waals surface area (Å²) in [5.74, 6) is -0.505. The summed E-state index contributed by atoms with van der Waals surface area (Å²) in [6.07, 6.45) is -0.0877. The fraction of sp³-hybridized carbons (Fsp3) is 0.533. The van der Waals surface area contributed by atoms with Crippen LogP contribution in [0.3, 0.4) is 0 Å². The van der Waals surface area contributed by atoms with Gasteiger partial charge in [-0.25, -0.2) is 4.39 Å². The number of benzene rings is 1. The summed E-state index contributed by atoms with van der Waals surface area (Å²) in [7, 11) is 0. The van der Waals surface area contributed by atoms with Gasteiger partial charge in [-0.3, -0.25) is 4.79 Å². The van der Waals surface area contributed by atoms with Crippen molar-refractivity contribution < 1.29 is 13.9 Å². The molecule has 0 aliphatic heterocycles. The average Bonchev–Trinajstić information content (AvgIpc) is 2.43. The number of nitrogens with zero attached hydrogens (tertiary/aromatic N) is 1. The van der Waals surface area contributed by atoms with Crippen molar-refractivity contribution in [2.75, 3.05) is 19.6 Å². The van der Waals surface area contributed by atoms with Crippen LogP contribution < -0.4 is 10.5 Å². The molecule has 0 fully saturated rings. The van der Waals surface area contributed by atoms with Crippen molar-refractivity contribution in [3.8, 4) is 5.75 Å². The van der Waals surface area contributed by atoms with Crippen LogP contribution >= 0.6 is 0 Å². The Hall–Kier alpha value is -1.62.